The van der Waals surface area contributed by atoms with Gasteiger partial charge in [0.25, 0.3) is 0 Å². The van der Waals surface area contributed by atoms with E-state index in [-0.39, 0.29) is 18.9 Å². The molecule has 0 aromatic heterocycles. The number of nitrogens with one attached hydrogen (secondary N) is 1. The predicted molar refractivity (Wildman–Crippen MR) is 64.6 cm³/mol. The van der Waals surface area contributed by atoms with Crippen LogP contribution in [0.25, 0.3) is 0 Å². The summed E-state index contributed by atoms with van der Waals surface area (Å²) in [7, 11) is 1.59. The number of hydrogen-bond donors (Lipinski definition) is 2. The Hall–Kier alpha value is -2.08. The first-order valence-electron chi connectivity index (χ1n) is 5.43. The lowest BCUT2D eigenvalue weighted by Gasteiger charge is -2.05. The molecule has 98 valence electrons. The van der Waals surface area contributed by atoms with Crippen LogP contribution < -0.4 is 16.0 Å². The molecule has 0 atom stereocenters. The molecule has 2 amide bonds. The summed E-state index contributed by atoms with van der Waals surface area (Å²) in [5.74, 6) is -0.194. The molecule has 6 nitrogen and oxygen atoms in total. The Morgan fingerprint density at radius 2 is 2.17 bits per heavy atom. The molecule has 0 aliphatic heterocycles. The second-order valence-corrected chi connectivity index (χ2v) is 3.63. The third-order valence-electron chi connectivity index (χ3n) is 2.18. The molecule has 0 spiro atoms. The number of hydrogen-bond acceptors (Lipinski definition) is 4. The van der Waals surface area contributed by atoms with Gasteiger partial charge in [0.05, 0.1) is 7.11 Å². The van der Waals surface area contributed by atoms with Gasteiger partial charge in [-0.3, -0.25) is 14.4 Å². The highest BCUT2D eigenvalue weighted by atomic mass is 16.7. The van der Waals surface area contributed by atoms with Crippen molar-refractivity contribution < 1.29 is 19.2 Å². The molecule has 0 unspecified atom stereocenters. The van der Waals surface area contributed by atoms with Crippen LogP contribution in [-0.2, 0) is 20.8 Å². The zero-order valence-electron chi connectivity index (χ0n) is 10.1. The normalized spacial score (nSPS) is 9.83. The summed E-state index contributed by atoms with van der Waals surface area (Å²) in [5.41, 5.74) is 7.97. The Kier molecular flexibility index (Phi) is 5.66. The number of hydroxylamine groups is 1. The van der Waals surface area contributed by atoms with E-state index in [1.807, 2.05) is 24.3 Å². The van der Waals surface area contributed by atoms with Gasteiger partial charge in [-0.2, -0.15) is 0 Å². The first kappa shape index (κ1) is 14.0. The van der Waals surface area contributed by atoms with Crippen molar-refractivity contribution in [1.29, 1.82) is 0 Å². The van der Waals surface area contributed by atoms with E-state index in [1.54, 1.807) is 7.11 Å². The number of ether oxygens (including phenoxy) is 1. The third-order valence-corrected chi connectivity index (χ3v) is 2.18. The first-order chi connectivity index (χ1) is 8.61. The average molecular weight is 252 g/mol. The number of benzene rings is 1. The van der Waals surface area contributed by atoms with Gasteiger partial charge in [-0.1, -0.05) is 12.1 Å². The van der Waals surface area contributed by atoms with E-state index in [0.29, 0.717) is 6.42 Å². The molecule has 3 N–H and O–H groups in total. The standard InChI is InChI=1S/C12H16N2O4/c1-17-10-4-2-3-9(7-10)5-6-12(16)14-18-8-11(13)15/h2-4,7H,5-6,8H2,1H3,(H2,13,15)(H,14,16). The van der Waals surface area contributed by atoms with Crippen LogP contribution in [0.15, 0.2) is 24.3 Å². The van der Waals surface area contributed by atoms with E-state index in [0.717, 1.165) is 11.3 Å². The maximum atomic E-state index is 11.3. The van der Waals surface area contributed by atoms with Gasteiger partial charge in [0.2, 0.25) is 11.8 Å². The fourth-order valence-electron chi connectivity index (χ4n) is 1.32. The fourth-order valence-corrected chi connectivity index (χ4v) is 1.32. The van der Waals surface area contributed by atoms with Gasteiger partial charge in [-0.05, 0) is 24.1 Å². The number of amides is 2. The Morgan fingerprint density at radius 1 is 1.39 bits per heavy atom. The lowest BCUT2D eigenvalue weighted by atomic mass is 10.1. The molecule has 0 aliphatic rings. The fraction of sp³-hybridized carbons (Fsp3) is 0.333. The molecule has 0 saturated carbocycles. The van der Waals surface area contributed by atoms with Gasteiger partial charge in [0.15, 0.2) is 6.61 Å². The number of nitrogens with two attached hydrogens (primary N) is 1. The van der Waals surface area contributed by atoms with Crippen molar-refractivity contribution in [2.24, 2.45) is 5.73 Å². The Bertz CT molecular complexity index is 420. The summed E-state index contributed by atoms with van der Waals surface area (Å²) in [5, 5.41) is 0. The molecule has 0 aliphatic carbocycles. The maximum Gasteiger partial charge on any atom is 0.246 e. The largest absolute Gasteiger partial charge is 0.497 e. The third kappa shape index (κ3) is 5.31. The van der Waals surface area contributed by atoms with Crippen LogP contribution in [0.2, 0.25) is 0 Å². The lowest BCUT2D eigenvalue weighted by Crippen LogP contribution is -2.29. The number of carbonyl (C=O) groups is 2. The summed E-state index contributed by atoms with van der Waals surface area (Å²) >= 11 is 0. The lowest BCUT2D eigenvalue weighted by molar-refractivity contribution is -0.137. The molecule has 0 saturated heterocycles. The van der Waals surface area contributed by atoms with Gasteiger partial charge in [0.1, 0.15) is 5.75 Å². The minimum absolute atomic E-state index is 0.256. The summed E-state index contributed by atoms with van der Waals surface area (Å²) in [6.07, 6.45) is 0.814. The molecule has 0 radical (unpaired) electrons. The molecule has 1 aromatic carbocycles. The van der Waals surface area contributed by atoms with Gasteiger partial charge in [-0.25, -0.2) is 5.48 Å². The minimum atomic E-state index is -0.636. The van der Waals surface area contributed by atoms with Gasteiger partial charge in [-0.15, -0.1) is 0 Å². The molecular weight excluding hydrogens is 236 g/mol. The van der Waals surface area contributed by atoms with Crippen molar-refractivity contribution in [2.75, 3.05) is 13.7 Å². The van der Waals surface area contributed by atoms with E-state index in [2.05, 4.69) is 10.3 Å². The van der Waals surface area contributed by atoms with Crippen molar-refractivity contribution in [3.8, 4) is 5.75 Å². The van der Waals surface area contributed by atoms with E-state index in [1.165, 1.54) is 0 Å². The van der Waals surface area contributed by atoms with Gasteiger partial charge >= 0.3 is 0 Å². The molecule has 1 rings (SSSR count). The molecule has 6 heteroatoms. The van der Waals surface area contributed by atoms with Crippen LogP contribution in [-0.4, -0.2) is 25.5 Å². The number of rotatable bonds is 7. The summed E-state index contributed by atoms with van der Waals surface area (Å²) in [6, 6.07) is 7.45. The van der Waals surface area contributed by atoms with Crippen molar-refractivity contribution in [3.63, 3.8) is 0 Å². The topological polar surface area (TPSA) is 90.7 Å². The second kappa shape index (κ2) is 7.29. The van der Waals surface area contributed by atoms with Crippen LogP contribution in [0.3, 0.4) is 0 Å². The zero-order valence-corrected chi connectivity index (χ0v) is 10.1. The van der Waals surface area contributed by atoms with Crippen molar-refractivity contribution in [3.05, 3.63) is 29.8 Å². The van der Waals surface area contributed by atoms with Crippen molar-refractivity contribution in [2.45, 2.75) is 12.8 Å². The molecule has 0 heterocycles. The van der Waals surface area contributed by atoms with E-state index in [4.69, 9.17) is 10.5 Å². The number of aryl methyl sites for hydroxylation is 1. The van der Waals surface area contributed by atoms with Crippen LogP contribution in [0.5, 0.6) is 5.75 Å². The van der Waals surface area contributed by atoms with E-state index >= 15 is 0 Å². The number of carbonyl (C=O) groups excluding carboxylic acids is 2. The van der Waals surface area contributed by atoms with Crippen LogP contribution in [0.1, 0.15) is 12.0 Å². The van der Waals surface area contributed by atoms with Crippen LogP contribution in [0, 0.1) is 0 Å². The van der Waals surface area contributed by atoms with E-state index in [9.17, 15) is 9.59 Å². The quantitative estimate of drug-likeness (QED) is 0.676. The summed E-state index contributed by atoms with van der Waals surface area (Å²) in [4.78, 5) is 26.3. The minimum Gasteiger partial charge on any atom is -0.497 e. The molecular formula is C12H16N2O4. The summed E-state index contributed by atoms with van der Waals surface area (Å²) in [6.45, 7) is -0.328. The van der Waals surface area contributed by atoms with E-state index < -0.39 is 5.91 Å². The molecule has 0 bridgehead atoms. The Labute approximate surface area is 105 Å². The highest BCUT2D eigenvalue weighted by Gasteiger charge is 2.04. The predicted octanol–water partition coefficient (Wildman–Crippen LogP) is 0.161. The number of methoxy groups -OCH3 is 1. The highest BCUT2D eigenvalue weighted by molar-refractivity contribution is 5.77. The van der Waals surface area contributed by atoms with Gasteiger partial charge < -0.3 is 10.5 Å². The zero-order chi connectivity index (χ0) is 13.4. The smallest absolute Gasteiger partial charge is 0.246 e. The average Bonchev–Trinajstić information content (AvgIpc) is 2.36. The molecule has 18 heavy (non-hydrogen) atoms. The second-order valence-electron chi connectivity index (χ2n) is 3.63. The van der Waals surface area contributed by atoms with Crippen LogP contribution in [0.4, 0.5) is 0 Å². The Morgan fingerprint density at radius 3 is 2.83 bits per heavy atom. The van der Waals surface area contributed by atoms with Crippen LogP contribution >= 0.6 is 0 Å². The highest BCUT2D eigenvalue weighted by Crippen LogP contribution is 2.13. The Balaban J connectivity index is 2.31. The first-order valence-corrected chi connectivity index (χ1v) is 5.43. The summed E-state index contributed by atoms with van der Waals surface area (Å²) < 4.78 is 5.08. The monoisotopic (exact) mass is 252 g/mol. The molecule has 1 aromatic rings. The van der Waals surface area contributed by atoms with Crippen molar-refractivity contribution in [1.82, 2.24) is 5.48 Å². The maximum absolute atomic E-state index is 11.3. The van der Waals surface area contributed by atoms with Gasteiger partial charge in [0, 0.05) is 6.42 Å². The number of primary amides is 1. The molecule has 0 fully saturated rings. The van der Waals surface area contributed by atoms with Crippen molar-refractivity contribution >= 4 is 11.8 Å². The SMILES string of the molecule is COc1cccc(CCC(=O)NOCC(N)=O)c1.